The minimum Gasteiger partial charge on any atom is -0.497 e. The molecule has 11 heteroatoms. The Balaban J connectivity index is 1.56. The molecule has 1 aliphatic rings. The van der Waals surface area contributed by atoms with Gasteiger partial charge in [-0.25, -0.2) is 0 Å². The van der Waals surface area contributed by atoms with Crippen molar-refractivity contribution in [2.75, 3.05) is 38.8 Å². The number of halogens is 3. The van der Waals surface area contributed by atoms with Gasteiger partial charge in [0.2, 0.25) is 5.91 Å². The van der Waals surface area contributed by atoms with Crippen molar-refractivity contribution in [2.45, 2.75) is 25.4 Å². The molecule has 0 atom stereocenters. The monoisotopic (exact) mass is 481 g/mol. The maximum Gasteiger partial charge on any atom is 0.416 e. The van der Waals surface area contributed by atoms with E-state index >= 15 is 0 Å². The number of nitrogens with one attached hydrogen (secondary N) is 1. The molecule has 184 valence electrons. The Labute approximate surface area is 194 Å². The summed E-state index contributed by atoms with van der Waals surface area (Å²) < 4.78 is 49.4. The molecule has 0 radical (unpaired) electrons. The van der Waals surface area contributed by atoms with Crippen LogP contribution in [0.15, 0.2) is 36.4 Å². The van der Waals surface area contributed by atoms with E-state index in [0.29, 0.717) is 56.5 Å². The highest BCUT2D eigenvalue weighted by Gasteiger charge is 2.34. The summed E-state index contributed by atoms with van der Waals surface area (Å²) in [6.45, 7) is 1.07. The lowest BCUT2D eigenvalue weighted by molar-refractivity contribution is -0.384. The van der Waals surface area contributed by atoms with Gasteiger partial charge in [0.05, 0.1) is 24.7 Å². The number of rotatable bonds is 8. The van der Waals surface area contributed by atoms with E-state index in [1.165, 1.54) is 0 Å². The Kier molecular flexibility index (Phi) is 7.85. The molecule has 1 aliphatic heterocycles. The number of amides is 1. The number of nitro groups is 1. The molecule has 0 aromatic heterocycles. The van der Waals surface area contributed by atoms with Gasteiger partial charge in [-0.1, -0.05) is 6.07 Å². The lowest BCUT2D eigenvalue weighted by Gasteiger charge is -2.32. The quantitative estimate of drug-likeness (QED) is 0.449. The second-order valence-corrected chi connectivity index (χ2v) is 7.94. The third kappa shape index (κ3) is 5.89. The maximum absolute atomic E-state index is 12.9. The average molecular weight is 481 g/mol. The number of hydrogen-bond donors (Lipinski definition) is 1. The molecule has 0 saturated carbocycles. The molecule has 1 saturated heterocycles. The van der Waals surface area contributed by atoms with E-state index in [1.807, 2.05) is 12.1 Å². The average Bonchev–Trinajstić information content (AvgIpc) is 2.83. The van der Waals surface area contributed by atoms with Crippen molar-refractivity contribution >= 4 is 17.3 Å². The van der Waals surface area contributed by atoms with Gasteiger partial charge < -0.3 is 19.7 Å². The molecular weight excluding hydrogens is 455 g/mol. The molecule has 1 fully saturated rings. The number of benzene rings is 2. The minimum absolute atomic E-state index is 0.117. The van der Waals surface area contributed by atoms with Gasteiger partial charge in [-0.05, 0) is 43.0 Å². The summed E-state index contributed by atoms with van der Waals surface area (Å²) in [5, 5.41) is 14.3. The molecule has 2 aromatic carbocycles. The molecule has 1 heterocycles. The molecule has 0 aliphatic carbocycles. The van der Waals surface area contributed by atoms with Gasteiger partial charge in [0, 0.05) is 37.7 Å². The van der Waals surface area contributed by atoms with E-state index in [9.17, 15) is 28.1 Å². The van der Waals surface area contributed by atoms with Crippen molar-refractivity contribution < 1.29 is 32.4 Å². The highest BCUT2D eigenvalue weighted by Crippen LogP contribution is 2.37. The number of ether oxygens (including phenoxy) is 2. The van der Waals surface area contributed by atoms with Crippen LogP contribution in [0.2, 0.25) is 0 Å². The zero-order chi connectivity index (χ0) is 24.9. The van der Waals surface area contributed by atoms with Gasteiger partial charge >= 0.3 is 6.18 Å². The van der Waals surface area contributed by atoms with Crippen molar-refractivity contribution in [3.63, 3.8) is 0 Å². The minimum atomic E-state index is -4.66. The van der Waals surface area contributed by atoms with Gasteiger partial charge in [-0.2, -0.15) is 13.2 Å². The van der Waals surface area contributed by atoms with Gasteiger partial charge in [-0.3, -0.25) is 14.9 Å². The molecule has 2 aromatic rings. The van der Waals surface area contributed by atoms with Crippen LogP contribution in [0.1, 0.15) is 24.0 Å². The fourth-order valence-corrected chi connectivity index (χ4v) is 4.02. The number of nitro benzene ring substituents is 1. The van der Waals surface area contributed by atoms with Crippen molar-refractivity contribution in [2.24, 2.45) is 5.92 Å². The first kappa shape index (κ1) is 25.1. The number of carbonyl (C=O) groups excluding carboxylic acids is 1. The number of anilines is 1. The van der Waals surface area contributed by atoms with Crippen molar-refractivity contribution in [3.8, 4) is 11.5 Å². The van der Waals surface area contributed by atoms with Crippen LogP contribution < -0.4 is 19.7 Å². The van der Waals surface area contributed by atoms with Gasteiger partial charge in [-0.15, -0.1) is 0 Å². The SMILES string of the molecule is COc1ccc(CCNC(=O)C2CCN(c3ccc(C(F)(F)F)cc3[N+](=O)[O-])CC2)c(OC)c1. The third-order valence-corrected chi connectivity index (χ3v) is 5.89. The van der Waals surface area contributed by atoms with Crippen LogP contribution in [0.3, 0.4) is 0 Å². The first-order valence-electron chi connectivity index (χ1n) is 10.7. The Morgan fingerprint density at radius 2 is 1.85 bits per heavy atom. The number of nitrogens with zero attached hydrogens (tertiary/aromatic N) is 2. The topological polar surface area (TPSA) is 93.9 Å². The molecular formula is C23H26F3N3O5. The predicted octanol–water partition coefficient (Wildman–Crippen LogP) is 4.21. The standard InChI is InChI=1S/C23H26F3N3O5/c1-33-18-5-3-15(21(14-18)34-2)7-10-27-22(30)16-8-11-28(12-9-16)19-6-4-17(23(24,25)26)13-20(19)29(31)32/h3-6,13-14,16H,7-12H2,1-2H3,(H,27,30). The maximum atomic E-state index is 12.9. The lowest BCUT2D eigenvalue weighted by atomic mass is 9.95. The normalized spacial score (nSPS) is 14.6. The number of alkyl halides is 3. The van der Waals surface area contributed by atoms with Crippen LogP contribution in [-0.4, -0.2) is 44.7 Å². The van der Waals surface area contributed by atoms with Crippen molar-refractivity contribution in [1.29, 1.82) is 0 Å². The van der Waals surface area contributed by atoms with E-state index in [0.717, 1.165) is 17.7 Å². The number of methoxy groups -OCH3 is 2. The summed E-state index contributed by atoms with van der Waals surface area (Å²) in [4.78, 5) is 24.8. The number of hydrogen-bond acceptors (Lipinski definition) is 6. The summed E-state index contributed by atoms with van der Waals surface area (Å²) in [5.74, 6) is 0.946. The molecule has 1 amide bonds. The summed E-state index contributed by atoms with van der Waals surface area (Å²) in [5.41, 5.74) is -0.603. The van der Waals surface area contributed by atoms with Crippen LogP contribution >= 0.6 is 0 Å². The van der Waals surface area contributed by atoms with Crippen molar-refractivity contribution in [1.82, 2.24) is 5.32 Å². The molecule has 0 spiro atoms. The van der Waals surface area contributed by atoms with Crippen molar-refractivity contribution in [3.05, 3.63) is 57.6 Å². The highest BCUT2D eigenvalue weighted by atomic mass is 19.4. The lowest BCUT2D eigenvalue weighted by Crippen LogP contribution is -2.41. The molecule has 8 nitrogen and oxygen atoms in total. The smallest absolute Gasteiger partial charge is 0.416 e. The Hall–Kier alpha value is -3.50. The number of piperidine rings is 1. The predicted molar refractivity (Wildman–Crippen MR) is 119 cm³/mol. The fourth-order valence-electron chi connectivity index (χ4n) is 4.02. The van der Waals surface area contributed by atoms with Gasteiger partial charge in [0.15, 0.2) is 0 Å². The van der Waals surface area contributed by atoms with E-state index < -0.39 is 22.4 Å². The Bertz CT molecular complexity index is 1040. The second-order valence-electron chi connectivity index (χ2n) is 7.94. The van der Waals surface area contributed by atoms with Crippen LogP contribution in [0.25, 0.3) is 0 Å². The van der Waals surface area contributed by atoms with E-state index in [2.05, 4.69) is 5.32 Å². The highest BCUT2D eigenvalue weighted by molar-refractivity contribution is 5.79. The second kappa shape index (κ2) is 10.6. The van der Waals surface area contributed by atoms with Crippen LogP contribution in [0.5, 0.6) is 11.5 Å². The van der Waals surface area contributed by atoms with Crippen LogP contribution in [-0.2, 0) is 17.4 Å². The number of carbonyl (C=O) groups is 1. The fraction of sp³-hybridized carbons (Fsp3) is 0.435. The zero-order valence-electron chi connectivity index (χ0n) is 18.9. The van der Waals surface area contributed by atoms with Gasteiger partial charge in [0.25, 0.3) is 5.69 Å². The van der Waals surface area contributed by atoms with E-state index in [4.69, 9.17) is 9.47 Å². The van der Waals surface area contributed by atoms with E-state index in [1.54, 1.807) is 25.2 Å². The first-order valence-corrected chi connectivity index (χ1v) is 10.7. The van der Waals surface area contributed by atoms with Crippen LogP contribution in [0, 0.1) is 16.0 Å². The van der Waals surface area contributed by atoms with Gasteiger partial charge in [0.1, 0.15) is 17.2 Å². The summed E-state index contributed by atoms with van der Waals surface area (Å²) in [6.07, 6.45) is -3.22. The third-order valence-electron chi connectivity index (χ3n) is 5.89. The Morgan fingerprint density at radius 1 is 1.15 bits per heavy atom. The Morgan fingerprint density at radius 3 is 2.44 bits per heavy atom. The van der Waals surface area contributed by atoms with Crippen LogP contribution in [0.4, 0.5) is 24.5 Å². The first-order chi connectivity index (χ1) is 16.1. The zero-order valence-corrected chi connectivity index (χ0v) is 18.9. The summed E-state index contributed by atoms with van der Waals surface area (Å²) >= 11 is 0. The molecule has 3 rings (SSSR count). The summed E-state index contributed by atoms with van der Waals surface area (Å²) in [7, 11) is 3.13. The molecule has 0 unspecified atom stereocenters. The molecule has 1 N–H and O–H groups in total. The molecule has 34 heavy (non-hydrogen) atoms. The molecule has 0 bridgehead atoms. The van der Waals surface area contributed by atoms with E-state index in [-0.39, 0.29) is 17.5 Å². The largest absolute Gasteiger partial charge is 0.497 e. The summed E-state index contributed by atoms with van der Waals surface area (Å²) in [6, 6.07) is 7.99.